The maximum absolute atomic E-state index is 13.5. The number of rotatable bonds is 10. The number of fused-ring (bicyclic) bond motifs is 1. The van der Waals surface area contributed by atoms with E-state index < -0.39 is 32.0 Å². The highest BCUT2D eigenvalue weighted by Gasteiger charge is 2.40. The van der Waals surface area contributed by atoms with E-state index in [-0.39, 0.29) is 39.4 Å². The second-order valence-electron chi connectivity index (χ2n) is 12.6. The molecule has 3 aliphatic rings. The Hall–Kier alpha value is -2.60. The maximum Gasteiger partial charge on any atom is 0.250 e. The van der Waals surface area contributed by atoms with Gasteiger partial charge in [-0.2, -0.15) is 9.03 Å². The molecule has 13 nitrogen and oxygen atoms in total. The largest absolute Gasteiger partial charge is 0.360 e. The molecule has 0 spiro atoms. The molecule has 3 saturated heterocycles. The lowest BCUT2D eigenvalue weighted by atomic mass is 10.1. The molecule has 3 aliphatic heterocycles. The fraction of sp³-hybridized carbons (Fsp3) is 0.567. The summed E-state index contributed by atoms with van der Waals surface area (Å²) in [6, 6.07) is 5.48. The zero-order valence-corrected chi connectivity index (χ0v) is 29.7. The Morgan fingerprint density at radius 1 is 1.11 bits per heavy atom. The number of amides is 2. The predicted molar refractivity (Wildman–Crippen MR) is 177 cm³/mol. The standard InChI is InChI=1S/C30H39ClN6O7S3/c1-19-29(20(2)44-32-19)47(42,43)34(3)23-10-13-35(16-23)17-24-6-4-12-37(24)27(38)18-36-11-5-7-25(30(36)39)33-46(40,41)28-15-21-14-22(31)8-9-26(21)45-28/h8-9,14-15,23-25,33H,4-7,10-13,16-18H2,1-3H3. The highest BCUT2D eigenvalue weighted by atomic mass is 35.5. The molecule has 17 heteroatoms. The van der Waals surface area contributed by atoms with Gasteiger partial charge < -0.3 is 14.3 Å². The predicted octanol–water partition coefficient (Wildman–Crippen LogP) is 2.81. The van der Waals surface area contributed by atoms with Gasteiger partial charge in [-0.15, -0.1) is 11.3 Å². The molecule has 6 rings (SSSR count). The van der Waals surface area contributed by atoms with Crippen molar-refractivity contribution in [1.29, 1.82) is 0 Å². The highest BCUT2D eigenvalue weighted by Crippen LogP contribution is 2.32. The molecule has 5 heterocycles. The molecule has 2 aromatic heterocycles. The van der Waals surface area contributed by atoms with Crippen LogP contribution in [0.1, 0.15) is 43.6 Å². The average Bonchev–Trinajstić information content (AvgIpc) is 3.82. The molecule has 3 fully saturated rings. The topological polar surface area (TPSA) is 153 Å². The van der Waals surface area contributed by atoms with Gasteiger partial charge in [0.2, 0.25) is 21.8 Å². The zero-order chi connectivity index (χ0) is 33.7. The van der Waals surface area contributed by atoms with E-state index in [9.17, 15) is 26.4 Å². The molecule has 0 aliphatic carbocycles. The molecule has 3 unspecified atom stereocenters. The van der Waals surface area contributed by atoms with E-state index in [1.165, 1.54) is 9.21 Å². The smallest absolute Gasteiger partial charge is 0.250 e. The number of hydrogen-bond acceptors (Lipinski definition) is 10. The molecule has 1 aromatic carbocycles. The van der Waals surface area contributed by atoms with Gasteiger partial charge in [0.1, 0.15) is 20.8 Å². The number of piperidine rings is 1. The first kappa shape index (κ1) is 34.3. The van der Waals surface area contributed by atoms with Gasteiger partial charge in [0.05, 0.1) is 6.54 Å². The van der Waals surface area contributed by atoms with Gasteiger partial charge in [-0.05, 0) is 82.1 Å². The van der Waals surface area contributed by atoms with E-state index in [1.54, 1.807) is 45.2 Å². The number of nitrogens with one attached hydrogen (secondary N) is 1. The Balaban J connectivity index is 1.05. The molecule has 256 valence electrons. The SMILES string of the molecule is Cc1noc(C)c1S(=O)(=O)N(C)C1CCN(CC2CCCN2C(=O)CN2CCCC(NS(=O)(=O)c3cc4cc(Cl)ccc4s3)C2=O)C1. The second-order valence-corrected chi connectivity index (χ2v) is 18.0. The molecule has 0 radical (unpaired) electrons. The van der Waals surface area contributed by atoms with E-state index in [0.29, 0.717) is 68.1 Å². The van der Waals surface area contributed by atoms with Crippen molar-refractivity contribution in [2.45, 2.75) is 73.2 Å². The molecular formula is C30H39ClN6O7S3. The number of aryl methyl sites for hydroxylation is 2. The summed E-state index contributed by atoms with van der Waals surface area (Å²) in [5.41, 5.74) is 0.335. The Labute approximate surface area is 283 Å². The van der Waals surface area contributed by atoms with Crippen LogP contribution in [0.2, 0.25) is 5.02 Å². The van der Waals surface area contributed by atoms with Gasteiger partial charge in [-0.25, -0.2) is 16.8 Å². The van der Waals surface area contributed by atoms with Crippen molar-refractivity contribution < 1.29 is 30.9 Å². The third kappa shape index (κ3) is 6.96. The summed E-state index contributed by atoms with van der Waals surface area (Å²) in [6.45, 7) is 5.89. The lowest BCUT2D eigenvalue weighted by Crippen LogP contribution is -2.55. The fourth-order valence-electron chi connectivity index (χ4n) is 6.94. The Morgan fingerprint density at radius 3 is 2.62 bits per heavy atom. The fourth-order valence-corrected chi connectivity index (χ4v) is 11.4. The number of benzene rings is 1. The minimum absolute atomic E-state index is 0.0543. The Kier molecular flexibility index (Phi) is 9.75. The number of likely N-dealkylation sites (N-methyl/N-ethyl adjacent to an activating group) is 1. The van der Waals surface area contributed by atoms with E-state index in [0.717, 1.165) is 28.9 Å². The number of hydrogen-bond donors (Lipinski definition) is 1. The van der Waals surface area contributed by atoms with Gasteiger partial charge in [0.25, 0.3) is 10.0 Å². The summed E-state index contributed by atoms with van der Waals surface area (Å²) in [5.74, 6) is -0.306. The molecular weight excluding hydrogens is 688 g/mol. The van der Waals surface area contributed by atoms with Crippen LogP contribution in [0.15, 0.2) is 37.9 Å². The van der Waals surface area contributed by atoms with Crippen LogP contribution >= 0.6 is 22.9 Å². The highest BCUT2D eigenvalue weighted by molar-refractivity contribution is 7.91. The van der Waals surface area contributed by atoms with Crippen LogP contribution in [-0.2, 0) is 29.6 Å². The molecule has 3 atom stereocenters. The Morgan fingerprint density at radius 2 is 1.87 bits per heavy atom. The summed E-state index contributed by atoms with van der Waals surface area (Å²) >= 11 is 7.17. The molecule has 1 N–H and O–H groups in total. The van der Waals surface area contributed by atoms with Crippen molar-refractivity contribution in [2.24, 2.45) is 0 Å². The normalized spacial score (nSPS) is 23.1. The van der Waals surface area contributed by atoms with Crippen molar-refractivity contribution in [3.8, 4) is 0 Å². The van der Waals surface area contributed by atoms with E-state index >= 15 is 0 Å². The number of thiophene rings is 1. The number of likely N-dealkylation sites (tertiary alicyclic amines) is 3. The van der Waals surface area contributed by atoms with Gasteiger partial charge in [0.15, 0.2) is 5.76 Å². The minimum Gasteiger partial charge on any atom is -0.360 e. The van der Waals surface area contributed by atoms with E-state index in [4.69, 9.17) is 16.1 Å². The summed E-state index contributed by atoms with van der Waals surface area (Å²) in [6.07, 6.45) is 3.23. The molecule has 0 bridgehead atoms. The van der Waals surface area contributed by atoms with Crippen LogP contribution in [0, 0.1) is 13.8 Å². The lowest BCUT2D eigenvalue weighted by Gasteiger charge is -2.35. The van der Waals surface area contributed by atoms with Crippen molar-refractivity contribution >= 4 is 64.9 Å². The van der Waals surface area contributed by atoms with E-state index in [2.05, 4.69) is 14.8 Å². The summed E-state index contributed by atoms with van der Waals surface area (Å²) < 4.78 is 63.1. The monoisotopic (exact) mass is 726 g/mol. The molecule has 3 aromatic rings. The molecule has 0 saturated carbocycles. The van der Waals surface area contributed by atoms with Gasteiger partial charge >= 0.3 is 0 Å². The van der Waals surface area contributed by atoms with Crippen LogP contribution in [0.3, 0.4) is 0 Å². The van der Waals surface area contributed by atoms with Crippen molar-refractivity contribution in [3.05, 3.63) is 40.7 Å². The van der Waals surface area contributed by atoms with Gasteiger partial charge in [-0.3, -0.25) is 14.5 Å². The van der Waals surface area contributed by atoms with Gasteiger partial charge in [-0.1, -0.05) is 16.8 Å². The summed E-state index contributed by atoms with van der Waals surface area (Å²) in [7, 11) is -6.16. The van der Waals surface area contributed by atoms with Crippen LogP contribution in [-0.4, -0.2) is 117 Å². The number of sulfonamides is 2. The number of nitrogens with zero attached hydrogens (tertiary/aromatic N) is 5. The first-order chi connectivity index (χ1) is 22.2. The average molecular weight is 727 g/mol. The lowest BCUT2D eigenvalue weighted by molar-refractivity contribution is -0.143. The van der Waals surface area contributed by atoms with Crippen LogP contribution in [0.5, 0.6) is 0 Å². The van der Waals surface area contributed by atoms with Gasteiger partial charge in [0, 0.05) is 55.0 Å². The third-order valence-corrected chi connectivity index (χ3v) is 14.9. The van der Waals surface area contributed by atoms with Crippen LogP contribution < -0.4 is 4.72 Å². The summed E-state index contributed by atoms with van der Waals surface area (Å²) in [4.78, 5) is 32.5. The number of carbonyl (C=O) groups excluding carboxylic acids is 2. The first-order valence-electron chi connectivity index (χ1n) is 15.7. The van der Waals surface area contributed by atoms with Crippen molar-refractivity contribution in [1.82, 2.24) is 28.9 Å². The number of halogens is 1. The van der Waals surface area contributed by atoms with Crippen molar-refractivity contribution in [2.75, 3.05) is 46.3 Å². The maximum atomic E-state index is 13.5. The first-order valence-corrected chi connectivity index (χ1v) is 19.8. The van der Waals surface area contributed by atoms with Crippen LogP contribution in [0.25, 0.3) is 10.1 Å². The molecule has 2 amide bonds. The quantitative estimate of drug-likeness (QED) is 0.332. The van der Waals surface area contributed by atoms with Crippen molar-refractivity contribution in [3.63, 3.8) is 0 Å². The zero-order valence-electron chi connectivity index (χ0n) is 26.5. The molecule has 47 heavy (non-hydrogen) atoms. The third-order valence-electron chi connectivity index (χ3n) is 9.41. The number of carbonyl (C=O) groups is 2. The summed E-state index contributed by atoms with van der Waals surface area (Å²) in [5, 5.41) is 5.02. The second kappa shape index (κ2) is 13.4. The minimum atomic E-state index is -3.97. The number of aromatic nitrogens is 1. The van der Waals surface area contributed by atoms with E-state index in [1.807, 2.05) is 4.90 Å². The van der Waals surface area contributed by atoms with Crippen LogP contribution in [0.4, 0.5) is 0 Å². The Bertz CT molecular complexity index is 1880.